The predicted molar refractivity (Wildman–Crippen MR) is 109 cm³/mol. The molecular formula is C22H31NO2S. The van der Waals surface area contributed by atoms with E-state index in [-0.39, 0.29) is 5.75 Å². The molecular weight excluding hydrogens is 342 g/mol. The van der Waals surface area contributed by atoms with Crippen LogP contribution in [0.4, 0.5) is 0 Å². The Morgan fingerprint density at radius 3 is 2.19 bits per heavy atom. The van der Waals surface area contributed by atoms with E-state index in [1.54, 1.807) is 24.3 Å². The highest BCUT2D eigenvalue weighted by molar-refractivity contribution is 7.90. The van der Waals surface area contributed by atoms with Gasteiger partial charge in [-0.15, -0.1) is 0 Å². The first-order valence-electron chi connectivity index (χ1n) is 9.66. The smallest absolute Gasteiger partial charge is 0.182 e. The van der Waals surface area contributed by atoms with Gasteiger partial charge in [0, 0.05) is 0 Å². The molecule has 0 saturated heterocycles. The molecule has 0 heterocycles. The van der Waals surface area contributed by atoms with Crippen LogP contribution in [0, 0.1) is 0 Å². The normalized spacial score (nSPS) is 13.0. The van der Waals surface area contributed by atoms with Crippen molar-refractivity contribution in [2.75, 3.05) is 13.1 Å². The molecule has 0 unspecified atom stereocenters. The third kappa shape index (κ3) is 6.26. The fourth-order valence-corrected chi connectivity index (χ4v) is 4.48. The average Bonchev–Trinajstić information content (AvgIpc) is 3.11. The van der Waals surface area contributed by atoms with E-state index < -0.39 is 9.84 Å². The van der Waals surface area contributed by atoms with Gasteiger partial charge in [0.1, 0.15) is 0 Å². The summed E-state index contributed by atoms with van der Waals surface area (Å²) in [4.78, 5) is 0.399. The lowest BCUT2D eigenvalue weighted by Gasteiger charge is -2.06. The topological polar surface area (TPSA) is 46.2 Å². The van der Waals surface area contributed by atoms with Gasteiger partial charge in [-0.2, -0.15) is 0 Å². The van der Waals surface area contributed by atoms with E-state index in [9.17, 15) is 8.42 Å². The van der Waals surface area contributed by atoms with Gasteiger partial charge >= 0.3 is 0 Å². The molecule has 0 bridgehead atoms. The van der Waals surface area contributed by atoms with Gasteiger partial charge in [0.05, 0.1) is 10.6 Å². The first kappa shape index (κ1) is 20.7. The van der Waals surface area contributed by atoms with Crippen LogP contribution in [0.3, 0.4) is 0 Å². The number of aryl methyl sites for hydroxylation is 2. The molecule has 1 N–H and O–H groups in total. The van der Waals surface area contributed by atoms with Crippen molar-refractivity contribution in [3.05, 3.63) is 65.2 Å². The van der Waals surface area contributed by atoms with Crippen molar-refractivity contribution in [2.24, 2.45) is 0 Å². The van der Waals surface area contributed by atoms with Gasteiger partial charge in [-0.3, -0.25) is 0 Å². The van der Waals surface area contributed by atoms with Crippen LogP contribution < -0.4 is 5.32 Å². The number of hydrogen-bond acceptors (Lipinski definition) is 3. The molecule has 3 rings (SSSR count). The lowest BCUT2D eigenvalue weighted by atomic mass is 10.1. The lowest BCUT2D eigenvalue weighted by Crippen LogP contribution is -2.14. The van der Waals surface area contributed by atoms with Gasteiger partial charge in [-0.25, -0.2) is 8.42 Å². The van der Waals surface area contributed by atoms with E-state index in [0.29, 0.717) is 4.90 Å². The van der Waals surface area contributed by atoms with Crippen molar-refractivity contribution in [3.8, 4) is 0 Å². The molecule has 0 spiro atoms. The number of benzene rings is 2. The first-order chi connectivity index (χ1) is 12.6. The van der Waals surface area contributed by atoms with E-state index in [1.165, 1.54) is 43.5 Å². The Morgan fingerprint density at radius 1 is 0.885 bits per heavy atom. The van der Waals surface area contributed by atoms with E-state index in [4.69, 9.17) is 0 Å². The van der Waals surface area contributed by atoms with E-state index in [2.05, 4.69) is 31.3 Å². The molecule has 0 fully saturated rings. The SMILES string of the molecule is CCCNCCC.O=S(=O)(Cc1ccc2c(c1)CCC2)c1ccccc1. The average molecular weight is 374 g/mol. The van der Waals surface area contributed by atoms with Crippen LogP contribution in [0.15, 0.2) is 53.4 Å². The molecule has 0 aliphatic heterocycles. The molecule has 2 aromatic rings. The Bertz CT molecular complexity index is 766. The zero-order chi connectivity index (χ0) is 18.8. The van der Waals surface area contributed by atoms with Gasteiger partial charge in [0.2, 0.25) is 0 Å². The highest BCUT2D eigenvalue weighted by Gasteiger charge is 2.17. The number of sulfone groups is 1. The van der Waals surface area contributed by atoms with Crippen LogP contribution in [0.25, 0.3) is 0 Å². The van der Waals surface area contributed by atoms with Gasteiger partial charge in [0.25, 0.3) is 0 Å². The van der Waals surface area contributed by atoms with Crippen LogP contribution in [0.5, 0.6) is 0 Å². The zero-order valence-electron chi connectivity index (χ0n) is 16.0. The van der Waals surface area contributed by atoms with Crippen molar-refractivity contribution in [2.45, 2.75) is 56.6 Å². The Labute approximate surface area is 158 Å². The van der Waals surface area contributed by atoms with E-state index >= 15 is 0 Å². The Hall–Kier alpha value is -1.65. The van der Waals surface area contributed by atoms with Crippen LogP contribution in [0.1, 0.15) is 49.8 Å². The number of nitrogens with one attached hydrogen (secondary N) is 1. The second-order valence-corrected chi connectivity index (χ2v) is 8.77. The maximum atomic E-state index is 12.3. The Kier molecular flexibility index (Phi) is 8.33. The van der Waals surface area contributed by atoms with Gasteiger partial charge in [0.15, 0.2) is 9.84 Å². The molecule has 26 heavy (non-hydrogen) atoms. The minimum atomic E-state index is -3.23. The van der Waals surface area contributed by atoms with Crippen molar-refractivity contribution in [1.82, 2.24) is 5.32 Å². The molecule has 0 atom stereocenters. The van der Waals surface area contributed by atoms with Crippen molar-refractivity contribution in [3.63, 3.8) is 0 Å². The minimum absolute atomic E-state index is 0.0876. The van der Waals surface area contributed by atoms with Crippen LogP contribution in [-0.4, -0.2) is 21.5 Å². The van der Waals surface area contributed by atoms with Crippen molar-refractivity contribution < 1.29 is 8.42 Å². The highest BCUT2D eigenvalue weighted by Crippen LogP contribution is 2.24. The van der Waals surface area contributed by atoms with E-state index in [1.807, 2.05) is 12.1 Å². The second kappa shape index (κ2) is 10.5. The quantitative estimate of drug-likeness (QED) is 0.725. The molecule has 0 aromatic heterocycles. The number of fused-ring (bicyclic) bond motifs is 1. The predicted octanol–water partition coefficient (Wildman–Crippen LogP) is 4.55. The number of hydrogen-bond donors (Lipinski definition) is 1. The third-order valence-corrected chi connectivity index (χ3v) is 6.18. The Balaban J connectivity index is 0.000000298. The second-order valence-electron chi connectivity index (χ2n) is 6.78. The molecule has 1 aliphatic carbocycles. The summed E-state index contributed by atoms with van der Waals surface area (Å²) in [5.41, 5.74) is 3.59. The molecule has 0 amide bonds. The Morgan fingerprint density at radius 2 is 1.54 bits per heavy atom. The summed E-state index contributed by atoms with van der Waals surface area (Å²) in [6, 6.07) is 14.7. The van der Waals surface area contributed by atoms with Gasteiger partial charge < -0.3 is 5.32 Å². The summed E-state index contributed by atoms with van der Waals surface area (Å²) in [5, 5.41) is 3.28. The van der Waals surface area contributed by atoms with E-state index in [0.717, 1.165) is 18.4 Å². The highest BCUT2D eigenvalue weighted by atomic mass is 32.2. The summed E-state index contributed by atoms with van der Waals surface area (Å²) in [5.74, 6) is 0.0876. The fraction of sp³-hybridized carbons (Fsp3) is 0.455. The monoisotopic (exact) mass is 373 g/mol. The number of rotatable bonds is 7. The standard InChI is InChI=1S/C16H16O2S.C6H15N/c17-19(18,16-7-2-1-3-8-16)12-13-9-10-14-5-4-6-15(14)11-13;1-3-5-7-6-4-2/h1-3,7-11H,4-6,12H2;7H,3-6H2,1-2H3. The summed E-state index contributed by atoms with van der Waals surface area (Å²) in [7, 11) is -3.23. The maximum absolute atomic E-state index is 12.3. The van der Waals surface area contributed by atoms with Crippen LogP contribution in [0.2, 0.25) is 0 Å². The van der Waals surface area contributed by atoms with Crippen molar-refractivity contribution in [1.29, 1.82) is 0 Å². The summed E-state index contributed by atoms with van der Waals surface area (Å²) in [6.07, 6.45) is 5.89. The largest absolute Gasteiger partial charge is 0.317 e. The van der Waals surface area contributed by atoms with Crippen LogP contribution >= 0.6 is 0 Å². The maximum Gasteiger partial charge on any atom is 0.182 e. The molecule has 3 nitrogen and oxygen atoms in total. The molecule has 1 aliphatic rings. The first-order valence-corrected chi connectivity index (χ1v) is 11.3. The van der Waals surface area contributed by atoms with Gasteiger partial charge in [-0.05, 0) is 74.0 Å². The summed E-state index contributed by atoms with van der Waals surface area (Å²) >= 11 is 0. The van der Waals surface area contributed by atoms with Crippen LogP contribution in [-0.2, 0) is 28.4 Å². The third-order valence-electron chi connectivity index (χ3n) is 4.48. The molecule has 2 aromatic carbocycles. The zero-order valence-corrected chi connectivity index (χ0v) is 16.8. The molecule has 0 saturated carbocycles. The lowest BCUT2D eigenvalue weighted by molar-refractivity contribution is 0.595. The van der Waals surface area contributed by atoms with Crippen molar-refractivity contribution >= 4 is 9.84 Å². The summed E-state index contributed by atoms with van der Waals surface area (Å²) in [6.45, 7) is 6.72. The molecule has 4 heteroatoms. The minimum Gasteiger partial charge on any atom is -0.317 e. The molecule has 142 valence electrons. The van der Waals surface area contributed by atoms with Gasteiger partial charge in [-0.1, -0.05) is 50.2 Å². The fourth-order valence-electron chi connectivity index (χ4n) is 3.12. The molecule has 0 radical (unpaired) electrons. The summed E-state index contributed by atoms with van der Waals surface area (Å²) < 4.78 is 24.6.